The molecule has 10 heteroatoms. The number of methoxy groups -OCH3 is 1. The molecular formula is C24H28ClN3O5S. The molecule has 1 saturated heterocycles. The van der Waals surface area contributed by atoms with Gasteiger partial charge in [-0.3, -0.25) is 9.59 Å². The Kier molecular flexibility index (Phi) is 7.16. The number of piperidine rings is 1. The van der Waals surface area contributed by atoms with Crippen LogP contribution in [0.4, 0.5) is 11.4 Å². The highest BCUT2D eigenvalue weighted by atomic mass is 35.5. The van der Waals surface area contributed by atoms with Crippen LogP contribution in [0.1, 0.15) is 31.7 Å². The fraction of sp³-hybridized carbons (Fsp3) is 0.417. The molecular weight excluding hydrogens is 478 g/mol. The number of carbonyl (C=O) groups excluding carboxylic acids is 2. The highest BCUT2D eigenvalue weighted by Gasteiger charge is 2.33. The van der Waals surface area contributed by atoms with Gasteiger partial charge < -0.3 is 15.0 Å². The molecule has 2 aromatic carbocycles. The van der Waals surface area contributed by atoms with Crippen LogP contribution in [0.15, 0.2) is 41.3 Å². The Morgan fingerprint density at radius 1 is 1.09 bits per heavy atom. The smallest absolute Gasteiger partial charge is 0.243 e. The minimum atomic E-state index is -3.69. The number of fused-ring (bicyclic) bond motifs is 1. The fourth-order valence-electron chi connectivity index (χ4n) is 4.56. The number of amides is 2. The molecule has 2 aromatic rings. The lowest BCUT2D eigenvalue weighted by atomic mass is 9.97. The van der Waals surface area contributed by atoms with Crippen molar-refractivity contribution in [3.63, 3.8) is 0 Å². The normalized spacial score (nSPS) is 17.2. The van der Waals surface area contributed by atoms with Crippen molar-refractivity contribution in [3.05, 3.63) is 47.0 Å². The second-order valence-electron chi connectivity index (χ2n) is 8.58. The van der Waals surface area contributed by atoms with E-state index in [0.717, 1.165) is 24.1 Å². The quantitative estimate of drug-likeness (QED) is 0.668. The number of nitrogens with zero attached hydrogens (tertiary/aromatic N) is 2. The summed E-state index contributed by atoms with van der Waals surface area (Å²) < 4.78 is 33.1. The van der Waals surface area contributed by atoms with E-state index in [1.54, 1.807) is 41.3 Å². The first-order valence-electron chi connectivity index (χ1n) is 11.3. The van der Waals surface area contributed by atoms with E-state index in [9.17, 15) is 18.0 Å². The summed E-state index contributed by atoms with van der Waals surface area (Å²) in [5, 5.41) is 3.26. The van der Waals surface area contributed by atoms with Gasteiger partial charge >= 0.3 is 0 Å². The summed E-state index contributed by atoms with van der Waals surface area (Å²) in [5.41, 5.74) is 2.22. The lowest BCUT2D eigenvalue weighted by Crippen LogP contribution is -2.41. The van der Waals surface area contributed by atoms with Gasteiger partial charge in [0.1, 0.15) is 5.75 Å². The SMILES string of the molecule is COc1ccc(NC(=O)C2CCN(S(=O)(=O)c3ccc4c(c3)CCCN4C(C)=O)CC2)cc1Cl. The lowest BCUT2D eigenvalue weighted by Gasteiger charge is -2.32. The molecule has 34 heavy (non-hydrogen) atoms. The van der Waals surface area contributed by atoms with E-state index >= 15 is 0 Å². The molecule has 4 rings (SSSR count). The number of halogens is 1. The van der Waals surface area contributed by atoms with E-state index in [1.807, 2.05) is 0 Å². The van der Waals surface area contributed by atoms with Crippen molar-refractivity contribution >= 4 is 44.8 Å². The predicted molar refractivity (Wildman–Crippen MR) is 131 cm³/mol. The number of aryl methyl sites for hydroxylation is 1. The number of anilines is 2. The molecule has 2 amide bonds. The monoisotopic (exact) mass is 505 g/mol. The van der Waals surface area contributed by atoms with Crippen LogP contribution in [0.5, 0.6) is 5.75 Å². The highest BCUT2D eigenvalue weighted by Crippen LogP contribution is 2.32. The number of hydrogen-bond acceptors (Lipinski definition) is 5. The molecule has 0 atom stereocenters. The van der Waals surface area contributed by atoms with Gasteiger partial charge in [-0.1, -0.05) is 11.6 Å². The Morgan fingerprint density at radius 2 is 1.82 bits per heavy atom. The summed E-state index contributed by atoms with van der Waals surface area (Å²) in [6, 6.07) is 10.0. The third-order valence-electron chi connectivity index (χ3n) is 6.43. The van der Waals surface area contributed by atoms with Crippen molar-refractivity contribution in [3.8, 4) is 5.75 Å². The third kappa shape index (κ3) is 4.92. The maximum absolute atomic E-state index is 13.3. The van der Waals surface area contributed by atoms with Crippen LogP contribution in [0.2, 0.25) is 5.02 Å². The zero-order valence-corrected chi connectivity index (χ0v) is 20.8. The van der Waals surface area contributed by atoms with Gasteiger partial charge in [-0.25, -0.2) is 8.42 Å². The Balaban J connectivity index is 1.41. The van der Waals surface area contributed by atoms with Crippen LogP contribution in [-0.4, -0.2) is 51.3 Å². The maximum Gasteiger partial charge on any atom is 0.243 e. The van der Waals surface area contributed by atoms with Gasteiger partial charge in [-0.05, 0) is 67.6 Å². The second kappa shape index (κ2) is 9.93. The average Bonchev–Trinajstić information content (AvgIpc) is 2.83. The van der Waals surface area contributed by atoms with Gasteiger partial charge in [-0.2, -0.15) is 4.31 Å². The minimum absolute atomic E-state index is 0.0474. The van der Waals surface area contributed by atoms with Crippen molar-refractivity contribution in [2.45, 2.75) is 37.5 Å². The van der Waals surface area contributed by atoms with E-state index < -0.39 is 10.0 Å². The Morgan fingerprint density at radius 3 is 2.47 bits per heavy atom. The van der Waals surface area contributed by atoms with Gasteiger partial charge in [0.25, 0.3) is 0 Å². The number of rotatable bonds is 5. The molecule has 0 bridgehead atoms. The molecule has 2 aliphatic rings. The van der Waals surface area contributed by atoms with Crippen molar-refractivity contribution < 1.29 is 22.7 Å². The number of sulfonamides is 1. The number of nitrogens with one attached hydrogen (secondary N) is 1. The Hall–Kier alpha value is -2.62. The zero-order chi connectivity index (χ0) is 24.5. The zero-order valence-electron chi connectivity index (χ0n) is 19.2. The first-order chi connectivity index (χ1) is 16.2. The minimum Gasteiger partial charge on any atom is -0.495 e. The molecule has 2 heterocycles. The first-order valence-corrected chi connectivity index (χ1v) is 13.1. The average molecular weight is 506 g/mol. The van der Waals surface area contributed by atoms with E-state index in [-0.39, 0.29) is 35.7 Å². The van der Waals surface area contributed by atoms with Crippen LogP contribution in [0, 0.1) is 5.92 Å². The molecule has 0 saturated carbocycles. The van der Waals surface area contributed by atoms with Crippen LogP contribution >= 0.6 is 11.6 Å². The molecule has 2 aliphatic heterocycles. The Labute approximate surface area is 204 Å². The number of ether oxygens (including phenoxy) is 1. The largest absolute Gasteiger partial charge is 0.495 e. The maximum atomic E-state index is 13.3. The van der Waals surface area contributed by atoms with Crippen LogP contribution in [0.25, 0.3) is 0 Å². The summed E-state index contributed by atoms with van der Waals surface area (Å²) in [7, 11) is -2.17. The first kappa shape index (κ1) is 24.5. The molecule has 0 aromatic heterocycles. The van der Waals surface area contributed by atoms with Crippen molar-refractivity contribution in [2.75, 3.05) is 37.0 Å². The summed E-state index contributed by atoms with van der Waals surface area (Å²) in [6.45, 7) is 2.69. The van der Waals surface area contributed by atoms with Crippen molar-refractivity contribution in [1.82, 2.24) is 4.31 Å². The van der Waals surface area contributed by atoms with Crippen molar-refractivity contribution in [2.24, 2.45) is 5.92 Å². The van der Waals surface area contributed by atoms with Gasteiger partial charge in [0, 0.05) is 43.9 Å². The van der Waals surface area contributed by atoms with Crippen LogP contribution < -0.4 is 15.0 Å². The highest BCUT2D eigenvalue weighted by molar-refractivity contribution is 7.89. The summed E-state index contributed by atoms with van der Waals surface area (Å²) in [4.78, 5) is 26.5. The summed E-state index contributed by atoms with van der Waals surface area (Å²) in [5.74, 6) is 0.0274. The lowest BCUT2D eigenvalue weighted by molar-refractivity contribution is -0.121. The number of hydrogen-bond donors (Lipinski definition) is 1. The third-order valence-corrected chi connectivity index (χ3v) is 8.62. The van der Waals surface area contributed by atoms with Gasteiger partial charge in [0.2, 0.25) is 21.8 Å². The molecule has 0 aliphatic carbocycles. The predicted octanol–water partition coefficient (Wildman–Crippen LogP) is 3.69. The molecule has 8 nitrogen and oxygen atoms in total. The topological polar surface area (TPSA) is 96.0 Å². The second-order valence-corrected chi connectivity index (χ2v) is 10.9. The summed E-state index contributed by atoms with van der Waals surface area (Å²) in [6.07, 6.45) is 2.39. The molecule has 1 fully saturated rings. The molecule has 182 valence electrons. The van der Waals surface area contributed by atoms with Gasteiger partial charge in [0.05, 0.1) is 17.0 Å². The van der Waals surface area contributed by atoms with Crippen molar-refractivity contribution in [1.29, 1.82) is 0 Å². The van der Waals surface area contributed by atoms with E-state index in [2.05, 4.69) is 5.32 Å². The van der Waals surface area contributed by atoms with Crippen LogP contribution in [0.3, 0.4) is 0 Å². The van der Waals surface area contributed by atoms with Crippen LogP contribution in [-0.2, 0) is 26.0 Å². The van der Waals surface area contributed by atoms with Gasteiger partial charge in [-0.15, -0.1) is 0 Å². The van der Waals surface area contributed by atoms with Gasteiger partial charge in [0.15, 0.2) is 0 Å². The van der Waals surface area contributed by atoms with E-state index in [0.29, 0.717) is 35.8 Å². The molecule has 1 N–H and O–H groups in total. The Bertz CT molecular complexity index is 1210. The molecule has 0 unspecified atom stereocenters. The van der Waals surface area contributed by atoms with E-state index in [1.165, 1.54) is 18.3 Å². The standard InChI is InChI=1S/C24H28ClN3O5S/c1-16(29)28-11-3-4-18-14-20(6-7-22(18)28)34(31,32)27-12-9-17(10-13-27)24(30)26-19-5-8-23(33-2)21(25)15-19/h5-8,14-15,17H,3-4,9-13H2,1-2H3,(H,26,30). The number of carbonyl (C=O) groups is 2. The fourth-order valence-corrected chi connectivity index (χ4v) is 6.34. The van der Waals surface area contributed by atoms with E-state index in [4.69, 9.17) is 16.3 Å². The summed E-state index contributed by atoms with van der Waals surface area (Å²) >= 11 is 6.12. The molecule has 0 radical (unpaired) electrons. The number of benzene rings is 2. The molecule has 0 spiro atoms.